The molecule has 4 rings (SSSR count). The number of nitrogens with one attached hydrogen (secondary N) is 1. The van der Waals surface area contributed by atoms with Gasteiger partial charge in [0.2, 0.25) is 5.75 Å². The maximum Gasteiger partial charge on any atom is 0.203 e. The van der Waals surface area contributed by atoms with Gasteiger partial charge in [0.25, 0.3) is 0 Å². The summed E-state index contributed by atoms with van der Waals surface area (Å²) in [5.74, 6) is 2.39. The lowest BCUT2D eigenvalue weighted by Gasteiger charge is -2.14. The number of hydrogen-bond donors (Lipinski definition) is 1. The van der Waals surface area contributed by atoms with Gasteiger partial charge in [0.05, 0.1) is 21.3 Å². The fourth-order valence-corrected chi connectivity index (χ4v) is 3.07. The molecule has 4 aromatic rings. The first kappa shape index (κ1) is 17.0. The summed E-state index contributed by atoms with van der Waals surface area (Å²) in [5.41, 5.74) is 3.15. The van der Waals surface area contributed by atoms with E-state index in [4.69, 9.17) is 18.6 Å². The number of rotatable bonds is 6. The van der Waals surface area contributed by atoms with Crippen LogP contribution in [0.5, 0.6) is 17.2 Å². The summed E-state index contributed by atoms with van der Waals surface area (Å²) in [6.07, 6.45) is 1.53. The maximum atomic E-state index is 5.94. The van der Waals surface area contributed by atoms with E-state index in [9.17, 15) is 0 Å². The molecule has 2 aromatic carbocycles. The van der Waals surface area contributed by atoms with Crippen LogP contribution < -0.4 is 19.5 Å². The van der Waals surface area contributed by atoms with Crippen molar-refractivity contribution in [3.63, 3.8) is 0 Å². The van der Waals surface area contributed by atoms with Gasteiger partial charge in [-0.25, -0.2) is 9.97 Å². The molecule has 1 N–H and O–H groups in total. The molecule has 7 nitrogen and oxygen atoms in total. The monoisotopic (exact) mass is 365 g/mol. The molecule has 0 spiro atoms. The summed E-state index contributed by atoms with van der Waals surface area (Å²) in [4.78, 5) is 8.69. The molecule has 0 bridgehead atoms. The summed E-state index contributed by atoms with van der Waals surface area (Å²) in [7, 11) is 4.77. The number of ether oxygens (including phenoxy) is 3. The number of benzene rings is 2. The van der Waals surface area contributed by atoms with E-state index in [1.165, 1.54) is 6.33 Å². The summed E-state index contributed by atoms with van der Waals surface area (Å²) in [5, 5.41) is 4.27. The first-order chi connectivity index (χ1) is 13.2. The predicted octanol–water partition coefficient (Wildman–Crippen LogP) is 4.01. The van der Waals surface area contributed by atoms with Crippen molar-refractivity contribution >= 4 is 27.9 Å². The van der Waals surface area contributed by atoms with Gasteiger partial charge in [0.1, 0.15) is 17.4 Å². The number of nitrogens with zero attached hydrogens (tertiary/aromatic N) is 2. The quantitative estimate of drug-likeness (QED) is 0.553. The number of para-hydroxylation sites is 1. The van der Waals surface area contributed by atoms with Crippen molar-refractivity contribution in [2.75, 3.05) is 26.6 Å². The van der Waals surface area contributed by atoms with Crippen LogP contribution in [0.15, 0.2) is 47.1 Å². The molecule has 0 saturated heterocycles. The van der Waals surface area contributed by atoms with Crippen molar-refractivity contribution in [1.82, 2.24) is 9.97 Å². The topological polar surface area (TPSA) is 78.6 Å². The fraction of sp³-hybridized carbons (Fsp3) is 0.200. The van der Waals surface area contributed by atoms with Gasteiger partial charge < -0.3 is 23.9 Å². The predicted molar refractivity (Wildman–Crippen MR) is 103 cm³/mol. The Hall–Kier alpha value is -3.48. The van der Waals surface area contributed by atoms with Crippen LogP contribution in [0.3, 0.4) is 0 Å². The van der Waals surface area contributed by atoms with Gasteiger partial charge in [-0.05, 0) is 29.8 Å². The van der Waals surface area contributed by atoms with E-state index in [0.29, 0.717) is 35.2 Å². The highest BCUT2D eigenvalue weighted by atomic mass is 16.5. The number of aromatic nitrogens is 2. The van der Waals surface area contributed by atoms with Crippen LogP contribution in [0.25, 0.3) is 22.1 Å². The molecule has 0 radical (unpaired) electrons. The Bertz CT molecular complexity index is 1080. The minimum absolute atomic E-state index is 0.500. The SMILES string of the molecule is COc1cc(CNc2ncnc3c2oc2ccccc23)cc(OC)c1OC. The number of fused-ring (bicyclic) bond motifs is 3. The van der Waals surface area contributed by atoms with Crippen molar-refractivity contribution in [3.05, 3.63) is 48.3 Å². The zero-order valence-corrected chi connectivity index (χ0v) is 15.3. The number of methoxy groups -OCH3 is 3. The molecule has 0 aliphatic heterocycles. The van der Waals surface area contributed by atoms with E-state index in [0.717, 1.165) is 22.0 Å². The van der Waals surface area contributed by atoms with Crippen LogP contribution >= 0.6 is 0 Å². The summed E-state index contributed by atoms with van der Waals surface area (Å²) in [6.45, 7) is 0.500. The van der Waals surface area contributed by atoms with Gasteiger partial charge >= 0.3 is 0 Å². The Morgan fingerprint density at radius 1 is 0.963 bits per heavy atom. The Kier molecular flexibility index (Phi) is 4.42. The smallest absolute Gasteiger partial charge is 0.203 e. The molecular formula is C20H19N3O4. The molecular weight excluding hydrogens is 346 g/mol. The van der Waals surface area contributed by atoms with Crippen molar-refractivity contribution in [1.29, 1.82) is 0 Å². The van der Waals surface area contributed by atoms with Gasteiger partial charge in [-0.2, -0.15) is 0 Å². The minimum atomic E-state index is 0.500. The largest absolute Gasteiger partial charge is 0.493 e. The van der Waals surface area contributed by atoms with E-state index in [-0.39, 0.29) is 0 Å². The lowest BCUT2D eigenvalue weighted by Crippen LogP contribution is -2.04. The molecule has 0 amide bonds. The third kappa shape index (κ3) is 2.97. The number of hydrogen-bond acceptors (Lipinski definition) is 7. The highest BCUT2D eigenvalue weighted by Gasteiger charge is 2.15. The Morgan fingerprint density at radius 2 is 1.70 bits per heavy atom. The van der Waals surface area contributed by atoms with Gasteiger partial charge in [-0.15, -0.1) is 0 Å². The number of furan rings is 1. The molecule has 27 heavy (non-hydrogen) atoms. The average molecular weight is 365 g/mol. The highest BCUT2D eigenvalue weighted by molar-refractivity contribution is 6.05. The van der Waals surface area contributed by atoms with Gasteiger partial charge in [0, 0.05) is 11.9 Å². The Balaban J connectivity index is 1.68. The average Bonchev–Trinajstić information content (AvgIpc) is 3.10. The lowest BCUT2D eigenvalue weighted by atomic mass is 10.1. The molecule has 0 fully saturated rings. The summed E-state index contributed by atoms with van der Waals surface area (Å²) >= 11 is 0. The van der Waals surface area contributed by atoms with Crippen molar-refractivity contribution in [2.24, 2.45) is 0 Å². The van der Waals surface area contributed by atoms with Crippen LogP contribution in [0.1, 0.15) is 5.56 Å². The molecule has 138 valence electrons. The van der Waals surface area contributed by atoms with Crippen LogP contribution in [-0.2, 0) is 6.54 Å². The van der Waals surface area contributed by atoms with Gasteiger partial charge in [-0.3, -0.25) is 0 Å². The molecule has 0 atom stereocenters. The molecule has 0 saturated carbocycles. The highest BCUT2D eigenvalue weighted by Crippen LogP contribution is 2.38. The molecule has 0 unspecified atom stereocenters. The Labute approximate surface area is 155 Å². The van der Waals surface area contributed by atoms with E-state index in [1.54, 1.807) is 21.3 Å². The standard InChI is InChI=1S/C20H19N3O4/c1-24-15-8-12(9-16(25-2)18(15)26-3)10-21-20-19-17(22-11-23-20)13-6-4-5-7-14(13)27-19/h4-9,11H,10H2,1-3H3,(H,21,22,23). The third-order valence-electron chi connectivity index (χ3n) is 4.34. The fourth-order valence-electron chi connectivity index (χ4n) is 3.07. The maximum absolute atomic E-state index is 5.94. The summed E-state index contributed by atoms with van der Waals surface area (Å²) < 4.78 is 22.1. The Morgan fingerprint density at radius 3 is 2.41 bits per heavy atom. The van der Waals surface area contributed by atoms with Crippen LogP contribution in [0, 0.1) is 0 Å². The van der Waals surface area contributed by atoms with Gasteiger partial charge in [-0.1, -0.05) is 12.1 Å². The van der Waals surface area contributed by atoms with Crippen molar-refractivity contribution < 1.29 is 18.6 Å². The number of anilines is 1. The second kappa shape index (κ2) is 7.03. The second-order valence-electron chi connectivity index (χ2n) is 5.89. The second-order valence-corrected chi connectivity index (χ2v) is 5.89. The summed E-state index contributed by atoms with van der Waals surface area (Å²) in [6, 6.07) is 11.6. The zero-order valence-electron chi connectivity index (χ0n) is 15.3. The van der Waals surface area contributed by atoms with Crippen LogP contribution in [-0.4, -0.2) is 31.3 Å². The van der Waals surface area contributed by atoms with Crippen LogP contribution in [0.2, 0.25) is 0 Å². The lowest BCUT2D eigenvalue weighted by molar-refractivity contribution is 0.324. The molecule has 2 aromatic heterocycles. The van der Waals surface area contributed by atoms with Crippen molar-refractivity contribution in [3.8, 4) is 17.2 Å². The first-order valence-electron chi connectivity index (χ1n) is 8.40. The zero-order chi connectivity index (χ0) is 18.8. The van der Waals surface area contributed by atoms with Gasteiger partial charge in [0.15, 0.2) is 22.9 Å². The van der Waals surface area contributed by atoms with E-state index < -0.39 is 0 Å². The van der Waals surface area contributed by atoms with E-state index >= 15 is 0 Å². The van der Waals surface area contributed by atoms with E-state index in [2.05, 4.69) is 15.3 Å². The first-order valence-corrected chi connectivity index (χ1v) is 8.40. The molecule has 2 heterocycles. The molecule has 0 aliphatic carbocycles. The van der Waals surface area contributed by atoms with E-state index in [1.807, 2.05) is 36.4 Å². The molecule has 0 aliphatic rings. The molecule has 7 heteroatoms. The van der Waals surface area contributed by atoms with Crippen LogP contribution in [0.4, 0.5) is 5.82 Å². The normalized spacial score (nSPS) is 10.9. The minimum Gasteiger partial charge on any atom is -0.493 e. The van der Waals surface area contributed by atoms with Crippen molar-refractivity contribution in [2.45, 2.75) is 6.54 Å². The third-order valence-corrected chi connectivity index (χ3v) is 4.34.